The van der Waals surface area contributed by atoms with Gasteiger partial charge in [0, 0.05) is 0 Å². The van der Waals surface area contributed by atoms with Gasteiger partial charge in [0.15, 0.2) is 0 Å². The fourth-order valence-corrected chi connectivity index (χ4v) is 14.8. The van der Waals surface area contributed by atoms with Gasteiger partial charge in [0.1, 0.15) is 0 Å². The van der Waals surface area contributed by atoms with Crippen LogP contribution in [0.5, 0.6) is 0 Å². The molecule has 1 aliphatic carbocycles. The monoisotopic (exact) mass is 386 g/mol. The van der Waals surface area contributed by atoms with Crippen molar-refractivity contribution in [3.8, 4) is 0 Å². The number of rotatable bonds is 3. The molecule has 150 valence electrons. The molecule has 25 heavy (non-hydrogen) atoms. The van der Waals surface area contributed by atoms with Gasteiger partial charge in [0.05, 0.1) is 0 Å². The van der Waals surface area contributed by atoms with E-state index in [-0.39, 0.29) is 15.8 Å². The van der Waals surface area contributed by atoms with Gasteiger partial charge in [0.25, 0.3) is 0 Å². The lowest BCUT2D eigenvalue weighted by Gasteiger charge is -2.52. The standard InChI is InChI=1S/C23H48P2/c1-20(2,3)24(21(4,5)6)17-18-15-13-14-16-19(18)25(22(7,8)9)23(10,11)12/h18-19H,13-17H2,1-12H3. The van der Waals surface area contributed by atoms with Gasteiger partial charge in [-0.05, 0) is 51.2 Å². The van der Waals surface area contributed by atoms with Gasteiger partial charge >= 0.3 is 0 Å². The normalized spacial score (nSPS) is 24.2. The minimum Gasteiger partial charge on any atom is -0.0953 e. The van der Waals surface area contributed by atoms with E-state index in [0.29, 0.717) is 20.6 Å². The Morgan fingerprint density at radius 2 is 1.00 bits per heavy atom. The minimum absolute atomic E-state index is 0.00783. The van der Waals surface area contributed by atoms with E-state index in [4.69, 9.17) is 0 Å². The molecule has 0 bridgehead atoms. The zero-order valence-corrected chi connectivity index (χ0v) is 21.4. The lowest BCUT2D eigenvalue weighted by molar-refractivity contribution is 0.386. The molecular weight excluding hydrogens is 338 g/mol. The molecule has 0 aliphatic heterocycles. The zero-order valence-electron chi connectivity index (χ0n) is 19.6. The Morgan fingerprint density at radius 1 is 0.600 bits per heavy atom. The molecule has 1 fully saturated rings. The predicted molar refractivity (Wildman–Crippen MR) is 123 cm³/mol. The molecule has 0 saturated heterocycles. The predicted octanol–water partition coefficient (Wildman–Crippen LogP) is 8.70. The molecule has 0 N–H and O–H groups in total. The highest BCUT2D eigenvalue weighted by molar-refractivity contribution is 7.62. The lowest BCUT2D eigenvalue weighted by Crippen LogP contribution is -2.39. The van der Waals surface area contributed by atoms with Crippen LogP contribution in [0.3, 0.4) is 0 Å². The van der Waals surface area contributed by atoms with Crippen molar-refractivity contribution < 1.29 is 0 Å². The Balaban J connectivity index is 3.18. The van der Waals surface area contributed by atoms with Crippen molar-refractivity contribution in [2.75, 3.05) is 6.16 Å². The minimum atomic E-state index is 0.00783. The lowest BCUT2D eigenvalue weighted by atomic mass is 9.90. The molecule has 0 radical (unpaired) electrons. The van der Waals surface area contributed by atoms with E-state index >= 15 is 0 Å². The first kappa shape index (κ1) is 23.9. The van der Waals surface area contributed by atoms with Gasteiger partial charge < -0.3 is 0 Å². The molecule has 0 nitrogen and oxygen atoms in total. The van der Waals surface area contributed by atoms with Crippen LogP contribution >= 0.6 is 15.8 Å². The molecule has 0 aromatic carbocycles. The van der Waals surface area contributed by atoms with Crippen LogP contribution in [0, 0.1) is 5.92 Å². The van der Waals surface area contributed by atoms with Crippen LogP contribution in [-0.2, 0) is 0 Å². The van der Waals surface area contributed by atoms with Crippen molar-refractivity contribution in [1.82, 2.24) is 0 Å². The highest BCUT2D eigenvalue weighted by Gasteiger charge is 2.45. The summed E-state index contributed by atoms with van der Waals surface area (Å²) in [6.07, 6.45) is 7.41. The van der Waals surface area contributed by atoms with Gasteiger partial charge in [-0.3, -0.25) is 0 Å². The maximum absolute atomic E-state index is 2.52. The molecule has 2 heteroatoms. The van der Waals surface area contributed by atoms with Crippen LogP contribution in [0.2, 0.25) is 0 Å². The first-order valence-electron chi connectivity index (χ1n) is 10.5. The van der Waals surface area contributed by atoms with Gasteiger partial charge in [-0.25, -0.2) is 0 Å². The van der Waals surface area contributed by atoms with E-state index in [1.165, 1.54) is 31.8 Å². The van der Waals surface area contributed by atoms with Gasteiger partial charge in [-0.2, -0.15) is 0 Å². The van der Waals surface area contributed by atoms with Crippen molar-refractivity contribution in [1.29, 1.82) is 0 Å². The summed E-state index contributed by atoms with van der Waals surface area (Å²) in [5, 5.41) is 1.84. The van der Waals surface area contributed by atoms with Crippen molar-refractivity contribution >= 4 is 15.8 Å². The van der Waals surface area contributed by atoms with Crippen molar-refractivity contribution in [3.05, 3.63) is 0 Å². The summed E-state index contributed by atoms with van der Waals surface area (Å²) in [6, 6.07) is 0. The van der Waals surface area contributed by atoms with Crippen LogP contribution < -0.4 is 0 Å². The second-order valence-electron chi connectivity index (χ2n) is 12.3. The third-order valence-electron chi connectivity index (χ3n) is 5.68. The Bertz CT molecular complexity index is 383. The van der Waals surface area contributed by atoms with E-state index in [1.807, 2.05) is 0 Å². The van der Waals surface area contributed by atoms with E-state index in [1.54, 1.807) is 0 Å². The molecule has 0 spiro atoms. The highest BCUT2D eigenvalue weighted by atomic mass is 31.1. The molecule has 0 amide bonds. The van der Waals surface area contributed by atoms with Gasteiger partial charge in [-0.1, -0.05) is 112 Å². The van der Waals surface area contributed by atoms with Crippen molar-refractivity contribution in [2.24, 2.45) is 5.92 Å². The molecule has 0 heterocycles. The molecule has 1 saturated carbocycles. The quantitative estimate of drug-likeness (QED) is 0.425. The first-order chi connectivity index (χ1) is 11.0. The average molecular weight is 387 g/mol. The summed E-state index contributed by atoms with van der Waals surface area (Å²) in [6.45, 7) is 30.1. The third kappa shape index (κ3) is 6.75. The van der Waals surface area contributed by atoms with E-state index in [9.17, 15) is 0 Å². The Kier molecular flexibility index (Phi) is 7.72. The summed E-state index contributed by atoms with van der Waals surface area (Å²) in [5.74, 6) is 0.961. The summed E-state index contributed by atoms with van der Waals surface area (Å²) in [5.41, 5.74) is 0.971. The second-order valence-corrected chi connectivity index (χ2v) is 20.3. The number of hydrogen-bond acceptors (Lipinski definition) is 0. The Hall–Kier alpha value is 0.860. The van der Waals surface area contributed by atoms with E-state index < -0.39 is 0 Å². The number of hydrogen-bond donors (Lipinski definition) is 0. The molecule has 1 aliphatic rings. The molecule has 0 aromatic heterocycles. The largest absolute Gasteiger partial charge is 0.0953 e. The highest BCUT2D eigenvalue weighted by Crippen LogP contribution is 2.68. The Morgan fingerprint density at radius 3 is 1.36 bits per heavy atom. The summed E-state index contributed by atoms with van der Waals surface area (Å²) >= 11 is 0. The van der Waals surface area contributed by atoms with Gasteiger partial charge in [-0.15, -0.1) is 0 Å². The maximum Gasteiger partial charge on any atom is -0.0168 e. The van der Waals surface area contributed by atoms with Crippen LogP contribution in [0.25, 0.3) is 0 Å². The zero-order chi connectivity index (χ0) is 19.8. The molecule has 2 unspecified atom stereocenters. The maximum atomic E-state index is 2.52. The van der Waals surface area contributed by atoms with Gasteiger partial charge in [0.2, 0.25) is 0 Å². The van der Waals surface area contributed by atoms with E-state index in [0.717, 1.165) is 11.6 Å². The smallest absolute Gasteiger partial charge is 0.0168 e. The van der Waals surface area contributed by atoms with E-state index in [2.05, 4.69) is 83.1 Å². The SMILES string of the molecule is CC(C)(C)P(CC1CCCCC1P(C(C)(C)C)C(C)(C)C)C(C)(C)C. The summed E-state index contributed by atoms with van der Waals surface area (Å²) < 4.78 is 0. The molecule has 0 aromatic rings. The Labute approximate surface area is 163 Å². The van der Waals surface area contributed by atoms with Crippen molar-refractivity contribution in [3.63, 3.8) is 0 Å². The van der Waals surface area contributed by atoms with Crippen LogP contribution in [0.1, 0.15) is 109 Å². The van der Waals surface area contributed by atoms with Crippen molar-refractivity contribution in [2.45, 2.75) is 135 Å². The third-order valence-corrected chi connectivity index (χ3v) is 14.0. The van der Waals surface area contributed by atoms with Crippen LogP contribution in [-0.4, -0.2) is 32.4 Å². The average Bonchev–Trinajstić information content (AvgIpc) is 2.31. The fourth-order valence-electron chi connectivity index (χ4n) is 5.53. The summed E-state index contributed by atoms with van der Waals surface area (Å²) in [7, 11) is 0.0295. The molecule has 2 atom stereocenters. The topological polar surface area (TPSA) is 0 Å². The molecule has 1 rings (SSSR count). The molecular formula is C23H48P2. The summed E-state index contributed by atoms with van der Waals surface area (Å²) in [4.78, 5) is 0. The van der Waals surface area contributed by atoms with Crippen LogP contribution in [0.15, 0.2) is 0 Å². The van der Waals surface area contributed by atoms with Crippen LogP contribution in [0.4, 0.5) is 0 Å². The fraction of sp³-hybridized carbons (Fsp3) is 1.00. The second kappa shape index (κ2) is 8.08. The first-order valence-corrected chi connectivity index (χ1v) is 13.5.